The number of carbonyl (C=O) groups excluding carboxylic acids is 2. The first kappa shape index (κ1) is 31.8. The lowest BCUT2D eigenvalue weighted by Crippen LogP contribution is -2.49. The summed E-state index contributed by atoms with van der Waals surface area (Å²) >= 11 is 0. The fourth-order valence-electron chi connectivity index (χ4n) is 5.02. The molecule has 0 radical (unpaired) electrons. The van der Waals surface area contributed by atoms with Gasteiger partial charge in [-0.15, -0.1) is 0 Å². The number of nitrogens with zero attached hydrogens (tertiary/aromatic N) is 2. The number of halogens is 1. The summed E-state index contributed by atoms with van der Waals surface area (Å²) in [6.07, 6.45) is 4.54. The summed E-state index contributed by atoms with van der Waals surface area (Å²) < 4.78 is 44.9. The van der Waals surface area contributed by atoms with Crippen LogP contribution >= 0.6 is 0 Å². The van der Waals surface area contributed by atoms with Gasteiger partial charge in [-0.25, -0.2) is 17.6 Å². The van der Waals surface area contributed by atoms with Crippen LogP contribution in [0.1, 0.15) is 48.5 Å². The van der Waals surface area contributed by atoms with Crippen molar-refractivity contribution in [2.45, 2.75) is 45.2 Å². The van der Waals surface area contributed by atoms with Gasteiger partial charge in [-0.05, 0) is 79.4 Å². The molecule has 4 rings (SSSR count). The van der Waals surface area contributed by atoms with Gasteiger partial charge in [0, 0.05) is 43.6 Å². The molecule has 1 saturated heterocycles. The Bertz CT molecular complexity index is 1510. The second-order valence-electron chi connectivity index (χ2n) is 10.7. The zero-order valence-electron chi connectivity index (χ0n) is 24.4. The Kier molecular flexibility index (Phi) is 10.6. The largest absolute Gasteiger partial charge is 0.457 e. The van der Waals surface area contributed by atoms with Crippen molar-refractivity contribution >= 4 is 33.3 Å². The maximum Gasteiger partial charge on any atom is 0.322 e. The number of primary amides is 1. The molecule has 1 heterocycles. The number of carbonyl (C=O) groups is 2. The number of nitrogens with two attached hydrogens (primary N) is 1. The van der Waals surface area contributed by atoms with Gasteiger partial charge >= 0.3 is 6.03 Å². The van der Waals surface area contributed by atoms with E-state index in [0.717, 1.165) is 63.2 Å². The van der Waals surface area contributed by atoms with Crippen molar-refractivity contribution in [2.24, 2.45) is 5.73 Å². The smallest absolute Gasteiger partial charge is 0.322 e. The SMILES string of the molecule is CCCCN(C(=O)Nc1ccc(F)c(C(N)=O)c1)C1CCN(Cc2ccc(Oc3ccc(NS(C)(=O)=O)cc3)cc2)CC1. The Morgan fingerprint density at radius 2 is 1.60 bits per heavy atom. The van der Waals surface area contributed by atoms with Gasteiger partial charge in [0.2, 0.25) is 10.0 Å². The van der Waals surface area contributed by atoms with Gasteiger partial charge in [0.05, 0.1) is 11.8 Å². The van der Waals surface area contributed by atoms with E-state index in [2.05, 4.69) is 21.9 Å². The third-order valence-corrected chi connectivity index (χ3v) is 7.82. The first-order valence-corrected chi connectivity index (χ1v) is 16.1. The van der Waals surface area contributed by atoms with E-state index in [4.69, 9.17) is 10.5 Å². The van der Waals surface area contributed by atoms with Crippen molar-refractivity contribution in [3.63, 3.8) is 0 Å². The van der Waals surface area contributed by atoms with Crippen LogP contribution in [0.15, 0.2) is 66.7 Å². The van der Waals surface area contributed by atoms with Crippen LogP contribution in [-0.4, -0.2) is 62.1 Å². The average molecular weight is 612 g/mol. The van der Waals surface area contributed by atoms with Crippen molar-refractivity contribution in [2.75, 3.05) is 35.9 Å². The second kappa shape index (κ2) is 14.3. The van der Waals surface area contributed by atoms with Crippen molar-refractivity contribution in [3.8, 4) is 11.5 Å². The molecule has 1 aliphatic rings. The maximum absolute atomic E-state index is 13.9. The molecule has 43 heavy (non-hydrogen) atoms. The zero-order chi connectivity index (χ0) is 31.0. The molecule has 0 unspecified atom stereocenters. The lowest BCUT2D eigenvalue weighted by molar-refractivity contribution is 0.0996. The van der Waals surface area contributed by atoms with Gasteiger partial charge in [0.15, 0.2) is 0 Å². The van der Waals surface area contributed by atoms with Gasteiger partial charge < -0.3 is 20.7 Å². The monoisotopic (exact) mass is 611 g/mol. The zero-order valence-corrected chi connectivity index (χ0v) is 25.2. The van der Waals surface area contributed by atoms with Crippen molar-refractivity contribution in [1.82, 2.24) is 9.80 Å². The number of amides is 3. The molecule has 0 bridgehead atoms. The number of sulfonamides is 1. The predicted molar refractivity (Wildman–Crippen MR) is 165 cm³/mol. The van der Waals surface area contributed by atoms with Crippen LogP contribution in [0.2, 0.25) is 0 Å². The standard InChI is InChI=1S/C31H38FN5O5S/c1-3-4-17-37(31(39)34-24-9-14-29(32)28(20-24)30(33)38)25-15-18-36(19-16-25)21-22-5-10-26(11-6-22)42-27-12-7-23(8-13-27)35-43(2,40)41/h5-14,20,25,35H,3-4,15-19,21H2,1-2H3,(H2,33,38)(H,34,39). The Balaban J connectivity index is 1.30. The number of anilines is 2. The number of hydrogen-bond acceptors (Lipinski definition) is 6. The van der Waals surface area contributed by atoms with Crippen molar-refractivity contribution in [1.29, 1.82) is 0 Å². The normalized spacial score (nSPS) is 14.2. The molecule has 1 fully saturated rings. The van der Waals surface area contributed by atoms with E-state index in [9.17, 15) is 22.4 Å². The predicted octanol–water partition coefficient (Wildman–Crippen LogP) is 5.39. The van der Waals surface area contributed by atoms with Gasteiger partial charge in [-0.3, -0.25) is 14.4 Å². The molecule has 0 spiro atoms. The molecule has 0 saturated carbocycles. The molecular formula is C31H38FN5O5S. The topological polar surface area (TPSA) is 134 Å². The summed E-state index contributed by atoms with van der Waals surface area (Å²) in [5, 5.41) is 2.82. The minimum Gasteiger partial charge on any atom is -0.457 e. The number of likely N-dealkylation sites (tertiary alicyclic amines) is 1. The van der Waals surface area contributed by atoms with Crippen LogP contribution in [0.5, 0.6) is 11.5 Å². The highest BCUT2D eigenvalue weighted by Crippen LogP contribution is 2.25. The Morgan fingerprint density at radius 1 is 1.00 bits per heavy atom. The van der Waals surface area contributed by atoms with Crippen LogP contribution in [0.3, 0.4) is 0 Å². The highest BCUT2D eigenvalue weighted by molar-refractivity contribution is 7.92. The van der Waals surface area contributed by atoms with Gasteiger partial charge in [0.25, 0.3) is 5.91 Å². The van der Waals surface area contributed by atoms with Gasteiger partial charge in [0.1, 0.15) is 17.3 Å². The molecule has 10 nitrogen and oxygen atoms in total. The van der Waals surface area contributed by atoms with Crippen LogP contribution in [0.4, 0.5) is 20.6 Å². The van der Waals surface area contributed by atoms with E-state index in [1.165, 1.54) is 12.1 Å². The fraction of sp³-hybridized carbons (Fsp3) is 0.355. The summed E-state index contributed by atoms with van der Waals surface area (Å²) in [6, 6.07) is 18.1. The number of hydrogen-bond donors (Lipinski definition) is 3. The highest BCUT2D eigenvalue weighted by Gasteiger charge is 2.28. The number of rotatable bonds is 12. The third-order valence-electron chi connectivity index (χ3n) is 7.22. The molecule has 12 heteroatoms. The molecule has 1 aliphatic heterocycles. The molecule has 3 aromatic carbocycles. The summed E-state index contributed by atoms with van der Waals surface area (Å²) in [4.78, 5) is 29.0. The third kappa shape index (κ3) is 9.42. The Hall–Kier alpha value is -4.16. The van der Waals surface area contributed by atoms with Crippen LogP contribution in [-0.2, 0) is 16.6 Å². The van der Waals surface area contributed by atoms with E-state index in [-0.39, 0.29) is 17.6 Å². The second-order valence-corrected chi connectivity index (χ2v) is 12.4. The van der Waals surface area contributed by atoms with E-state index in [1.807, 2.05) is 29.2 Å². The molecule has 230 valence electrons. The fourth-order valence-corrected chi connectivity index (χ4v) is 5.58. The summed E-state index contributed by atoms with van der Waals surface area (Å²) in [7, 11) is -3.34. The minimum atomic E-state index is -3.34. The quantitative estimate of drug-likeness (QED) is 0.252. The molecule has 4 N–H and O–H groups in total. The van der Waals surface area contributed by atoms with E-state index in [0.29, 0.717) is 29.4 Å². The number of nitrogens with one attached hydrogen (secondary N) is 2. The van der Waals surface area contributed by atoms with E-state index < -0.39 is 21.7 Å². The van der Waals surface area contributed by atoms with Gasteiger partial charge in [-0.1, -0.05) is 25.5 Å². The van der Waals surface area contributed by atoms with Crippen LogP contribution in [0.25, 0.3) is 0 Å². The van der Waals surface area contributed by atoms with Crippen LogP contribution in [0, 0.1) is 5.82 Å². The number of unbranched alkanes of at least 4 members (excludes halogenated alkanes) is 1. The van der Waals surface area contributed by atoms with Gasteiger partial charge in [-0.2, -0.15) is 0 Å². The summed E-state index contributed by atoms with van der Waals surface area (Å²) in [5.74, 6) is -0.341. The molecule has 3 aromatic rings. The maximum atomic E-state index is 13.9. The Morgan fingerprint density at radius 3 is 2.19 bits per heavy atom. The van der Waals surface area contributed by atoms with E-state index in [1.54, 1.807) is 24.3 Å². The number of ether oxygens (including phenoxy) is 1. The lowest BCUT2D eigenvalue weighted by Gasteiger charge is -2.38. The molecule has 0 aliphatic carbocycles. The molecule has 0 atom stereocenters. The Labute approximate surface area is 252 Å². The molecule has 3 amide bonds. The number of urea groups is 1. The minimum absolute atomic E-state index is 0.0636. The summed E-state index contributed by atoms with van der Waals surface area (Å²) in [6.45, 7) is 5.11. The number of piperidine rings is 1. The first-order valence-electron chi connectivity index (χ1n) is 14.2. The highest BCUT2D eigenvalue weighted by atomic mass is 32.2. The van der Waals surface area contributed by atoms with E-state index >= 15 is 0 Å². The average Bonchev–Trinajstić information content (AvgIpc) is 2.96. The molecule has 0 aromatic heterocycles. The summed E-state index contributed by atoms with van der Waals surface area (Å²) in [5.41, 5.74) is 6.93. The number of benzene rings is 3. The lowest BCUT2D eigenvalue weighted by atomic mass is 10.0. The molecular weight excluding hydrogens is 573 g/mol. The van der Waals surface area contributed by atoms with Crippen molar-refractivity contribution in [3.05, 3.63) is 83.7 Å². The van der Waals surface area contributed by atoms with Crippen LogP contribution < -0.4 is 20.5 Å². The van der Waals surface area contributed by atoms with Crippen molar-refractivity contribution < 1.29 is 27.1 Å². The first-order chi connectivity index (χ1) is 20.5.